The van der Waals surface area contributed by atoms with E-state index in [1.54, 1.807) is 30.1 Å². The number of anilines is 2. The SMILES string of the molecule is CCN(C(=O)CC(=O)N(C)c1cccc(Cl)c1Cl)c1ccccc1. The first kappa shape index (κ1) is 18.3. The van der Waals surface area contributed by atoms with E-state index in [1.807, 2.05) is 37.3 Å². The molecule has 4 nitrogen and oxygen atoms in total. The molecule has 0 spiro atoms. The van der Waals surface area contributed by atoms with Gasteiger partial charge in [-0.05, 0) is 31.2 Å². The molecule has 2 aromatic carbocycles. The minimum absolute atomic E-state index is 0.248. The Hall–Kier alpha value is -2.04. The third kappa shape index (κ3) is 4.08. The molecule has 2 amide bonds. The van der Waals surface area contributed by atoms with Gasteiger partial charge in [0.2, 0.25) is 11.8 Å². The number of hydrogen-bond donors (Lipinski definition) is 0. The summed E-state index contributed by atoms with van der Waals surface area (Å²) in [5, 5.41) is 0.650. The van der Waals surface area contributed by atoms with Crippen molar-refractivity contribution in [3.05, 3.63) is 58.6 Å². The number of rotatable bonds is 5. The van der Waals surface area contributed by atoms with Crippen molar-refractivity contribution >= 4 is 46.4 Å². The summed E-state index contributed by atoms with van der Waals surface area (Å²) in [5.74, 6) is -0.614. The fourth-order valence-electron chi connectivity index (χ4n) is 2.34. The van der Waals surface area contributed by atoms with Crippen LogP contribution in [0.4, 0.5) is 11.4 Å². The number of hydrogen-bond acceptors (Lipinski definition) is 2. The quantitative estimate of drug-likeness (QED) is 0.737. The van der Waals surface area contributed by atoms with Crippen molar-refractivity contribution in [1.29, 1.82) is 0 Å². The van der Waals surface area contributed by atoms with Crippen molar-refractivity contribution in [1.82, 2.24) is 0 Å². The summed E-state index contributed by atoms with van der Waals surface area (Å²) in [5.41, 5.74) is 1.24. The number of benzene rings is 2. The maximum atomic E-state index is 12.5. The highest BCUT2D eigenvalue weighted by Gasteiger charge is 2.22. The molecule has 0 fully saturated rings. The average molecular weight is 365 g/mol. The molecule has 0 saturated heterocycles. The second-order valence-corrected chi connectivity index (χ2v) is 5.96. The fraction of sp³-hybridized carbons (Fsp3) is 0.222. The van der Waals surface area contributed by atoms with Gasteiger partial charge in [-0.15, -0.1) is 0 Å². The van der Waals surface area contributed by atoms with Crippen molar-refractivity contribution in [3.63, 3.8) is 0 Å². The van der Waals surface area contributed by atoms with Gasteiger partial charge in [-0.1, -0.05) is 47.5 Å². The monoisotopic (exact) mass is 364 g/mol. The van der Waals surface area contributed by atoms with Crippen LogP contribution in [0.1, 0.15) is 13.3 Å². The second-order valence-electron chi connectivity index (χ2n) is 5.18. The standard InChI is InChI=1S/C18H18Cl2N2O2/c1-3-22(13-8-5-4-6-9-13)17(24)12-16(23)21(2)15-11-7-10-14(19)18(15)20/h4-11H,3,12H2,1-2H3. The molecule has 0 aliphatic rings. The van der Waals surface area contributed by atoms with Crippen LogP contribution in [0.15, 0.2) is 48.5 Å². The fourth-order valence-corrected chi connectivity index (χ4v) is 2.76. The van der Waals surface area contributed by atoms with E-state index >= 15 is 0 Å². The van der Waals surface area contributed by atoms with Gasteiger partial charge in [0.05, 0.1) is 15.7 Å². The zero-order valence-corrected chi connectivity index (χ0v) is 15.0. The molecular formula is C18H18Cl2N2O2. The molecule has 2 rings (SSSR count). The van der Waals surface area contributed by atoms with Crippen LogP contribution in [-0.2, 0) is 9.59 Å². The summed E-state index contributed by atoms with van der Waals surface area (Å²) >= 11 is 12.1. The molecule has 0 saturated carbocycles. The summed E-state index contributed by atoms with van der Waals surface area (Å²) in [7, 11) is 1.58. The van der Waals surface area contributed by atoms with Crippen molar-refractivity contribution in [2.24, 2.45) is 0 Å². The maximum absolute atomic E-state index is 12.5. The van der Waals surface area contributed by atoms with E-state index in [9.17, 15) is 9.59 Å². The zero-order valence-electron chi connectivity index (χ0n) is 13.5. The lowest BCUT2D eigenvalue weighted by Crippen LogP contribution is -2.36. The van der Waals surface area contributed by atoms with Crippen LogP contribution in [0.2, 0.25) is 10.0 Å². The normalized spacial score (nSPS) is 10.3. The van der Waals surface area contributed by atoms with Gasteiger partial charge < -0.3 is 9.80 Å². The summed E-state index contributed by atoms with van der Waals surface area (Å²) < 4.78 is 0. The predicted molar refractivity (Wildman–Crippen MR) is 99.0 cm³/mol. The summed E-state index contributed by atoms with van der Waals surface area (Å²) in [4.78, 5) is 27.9. The van der Waals surface area contributed by atoms with E-state index in [4.69, 9.17) is 23.2 Å². The van der Waals surface area contributed by atoms with E-state index in [2.05, 4.69) is 0 Å². The minimum atomic E-state index is -0.349. The smallest absolute Gasteiger partial charge is 0.236 e. The van der Waals surface area contributed by atoms with E-state index in [1.165, 1.54) is 4.90 Å². The predicted octanol–water partition coefficient (Wildman–Crippen LogP) is 4.40. The Bertz CT molecular complexity index is 735. The van der Waals surface area contributed by atoms with Crippen LogP contribution in [0.5, 0.6) is 0 Å². The third-order valence-corrected chi connectivity index (χ3v) is 4.46. The van der Waals surface area contributed by atoms with Crippen LogP contribution in [-0.4, -0.2) is 25.4 Å². The molecular weight excluding hydrogens is 347 g/mol. The van der Waals surface area contributed by atoms with E-state index in [0.29, 0.717) is 17.3 Å². The van der Waals surface area contributed by atoms with E-state index in [-0.39, 0.29) is 23.3 Å². The highest BCUT2D eigenvalue weighted by molar-refractivity contribution is 6.44. The van der Waals surface area contributed by atoms with Gasteiger partial charge in [-0.2, -0.15) is 0 Å². The Balaban J connectivity index is 2.13. The Labute approximate surface area is 151 Å². The zero-order chi connectivity index (χ0) is 17.7. The highest BCUT2D eigenvalue weighted by atomic mass is 35.5. The Morgan fingerprint density at radius 1 is 0.958 bits per heavy atom. The topological polar surface area (TPSA) is 40.6 Å². The van der Waals surface area contributed by atoms with Gasteiger partial charge in [0.1, 0.15) is 6.42 Å². The molecule has 6 heteroatoms. The van der Waals surface area contributed by atoms with Gasteiger partial charge in [0, 0.05) is 19.3 Å². The Morgan fingerprint density at radius 3 is 2.25 bits per heavy atom. The molecule has 0 atom stereocenters. The van der Waals surface area contributed by atoms with Gasteiger partial charge >= 0.3 is 0 Å². The number of amides is 2. The van der Waals surface area contributed by atoms with E-state index < -0.39 is 0 Å². The number of carbonyl (C=O) groups is 2. The number of halogens is 2. The molecule has 0 aliphatic carbocycles. The van der Waals surface area contributed by atoms with Gasteiger partial charge in [-0.25, -0.2) is 0 Å². The first-order chi connectivity index (χ1) is 11.5. The molecule has 0 aromatic heterocycles. The molecule has 0 aliphatic heterocycles. The molecule has 0 N–H and O–H groups in total. The highest BCUT2D eigenvalue weighted by Crippen LogP contribution is 2.32. The van der Waals surface area contributed by atoms with Gasteiger partial charge in [0.15, 0.2) is 0 Å². The Kier molecular flexibility index (Phi) is 6.23. The molecule has 0 radical (unpaired) electrons. The number of nitrogens with zero attached hydrogens (tertiary/aromatic N) is 2. The molecule has 0 bridgehead atoms. The van der Waals surface area contributed by atoms with Gasteiger partial charge in [-0.3, -0.25) is 9.59 Å². The maximum Gasteiger partial charge on any atom is 0.236 e. The molecule has 126 valence electrons. The lowest BCUT2D eigenvalue weighted by Gasteiger charge is -2.23. The molecule has 24 heavy (non-hydrogen) atoms. The largest absolute Gasteiger partial charge is 0.314 e. The second kappa shape index (κ2) is 8.18. The van der Waals surface area contributed by atoms with Crippen molar-refractivity contribution < 1.29 is 9.59 Å². The van der Waals surface area contributed by atoms with Crippen LogP contribution < -0.4 is 9.80 Å². The van der Waals surface area contributed by atoms with Crippen LogP contribution >= 0.6 is 23.2 Å². The molecule has 2 aromatic rings. The van der Waals surface area contributed by atoms with Crippen molar-refractivity contribution in [2.45, 2.75) is 13.3 Å². The van der Waals surface area contributed by atoms with Crippen LogP contribution in [0, 0.1) is 0 Å². The van der Waals surface area contributed by atoms with Gasteiger partial charge in [0.25, 0.3) is 0 Å². The lowest BCUT2D eigenvalue weighted by atomic mass is 10.2. The summed E-state index contributed by atoms with van der Waals surface area (Å²) in [6.07, 6.45) is -0.248. The summed E-state index contributed by atoms with van der Waals surface area (Å²) in [6.45, 7) is 2.35. The van der Waals surface area contributed by atoms with Crippen LogP contribution in [0.25, 0.3) is 0 Å². The van der Waals surface area contributed by atoms with Crippen LogP contribution in [0.3, 0.4) is 0 Å². The molecule has 0 unspecified atom stereocenters. The minimum Gasteiger partial charge on any atom is -0.314 e. The number of carbonyl (C=O) groups excluding carboxylic acids is 2. The lowest BCUT2D eigenvalue weighted by molar-refractivity contribution is -0.126. The first-order valence-corrected chi connectivity index (χ1v) is 8.27. The van der Waals surface area contributed by atoms with Crippen molar-refractivity contribution in [3.8, 4) is 0 Å². The van der Waals surface area contributed by atoms with E-state index in [0.717, 1.165) is 5.69 Å². The third-order valence-electron chi connectivity index (χ3n) is 3.65. The number of para-hydroxylation sites is 1. The summed E-state index contributed by atoms with van der Waals surface area (Å²) in [6, 6.07) is 14.3. The average Bonchev–Trinajstić information content (AvgIpc) is 2.58. The molecule has 0 heterocycles. The first-order valence-electron chi connectivity index (χ1n) is 7.51. The Morgan fingerprint density at radius 2 is 1.62 bits per heavy atom. The van der Waals surface area contributed by atoms with Crippen molar-refractivity contribution in [2.75, 3.05) is 23.4 Å².